The topological polar surface area (TPSA) is 66.5 Å². The van der Waals surface area contributed by atoms with Crippen LogP contribution in [-0.2, 0) is 0 Å². The largest absolute Gasteiger partial charge is 0.347 e. The lowest BCUT2D eigenvalue weighted by molar-refractivity contribution is 0.980. The van der Waals surface area contributed by atoms with E-state index < -0.39 is 0 Å². The molecule has 0 radical (unpaired) electrons. The van der Waals surface area contributed by atoms with E-state index in [0.717, 1.165) is 15.4 Å². The molecule has 2 heterocycles. The van der Waals surface area contributed by atoms with E-state index in [-0.39, 0.29) is 5.69 Å². The minimum atomic E-state index is -0.308. The first-order valence-corrected chi connectivity index (χ1v) is 6.31. The molecule has 90 valence electrons. The van der Waals surface area contributed by atoms with Crippen molar-refractivity contribution in [3.63, 3.8) is 0 Å². The van der Waals surface area contributed by atoms with E-state index >= 15 is 0 Å². The molecule has 7 heteroatoms. The maximum absolute atomic E-state index is 11.7. The molecule has 2 aromatic heterocycles. The number of nitrogens with zero attached hydrogens (tertiary/aromatic N) is 2. The normalized spacial score (nSPS) is 10.9. The van der Waals surface area contributed by atoms with Gasteiger partial charge in [0.2, 0.25) is 4.77 Å². The molecular weight excluding hydrogens is 316 g/mol. The summed E-state index contributed by atoms with van der Waals surface area (Å²) in [5, 5.41) is 6.00. The molecule has 0 atom stereocenters. The fraction of sp³-hybridized carbons (Fsp3) is 0. The van der Waals surface area contributed by atoms with Gasteiger partial charge >= 0.3 is 5.69 Å². The first kappa shape index (κ1) is 11.4. The van der Waals surface area contributed by atoms with Crippen LogP contribution in [0.25, 0.3) is 16.6 Å². The standard InChI is InChI=1S/C11H7BrN4OS/c12-7-4-6-2-1-3-8(9(6)13-5-7)16-10(17)14-15-11(16)18/h1-5H,(H,14,17)(H,15,18). The zero-order chi connectivity index (χ0) is 12.7. The summed E-state index contributed by atoms with van der Waals surface area (Å²) in [7, 11) is 0. The van der Waals surface area contributed by atoms with E-state index in [9.17, 15) is 4.79 Å². The van der Waals surface area contributed by atoms with Gasteiger partial charge in [0.25, 0.3) is 0 Å². The average Bonchev–Trinajstić information content (AvgIpc) is 2.68. The molecule has 0 saturated heterocycles. The Labute approximate surface area is 115 Å². The van der Waals surface area contributed by atoms with Gasteiger partial charge in [0.05, 0.1) is 11.2 Å². The number of fused-ring (bicyclic) bond motifs is 1. The monoisotopic (exact) mass is 322 g/mol. The Morgan fingerprint density at radius 2 is 2.17 bits per heavy atom. The molecule has 0 spiro atoms. The molecular formula is C11H7BrN4OS. The van der Waals surface area contributed by atoms with Crippen LogP contribution in [0.4, 0.5) is 0 Å². The Kier molecular flexibility index (Phi) is 2.64. The van der Waals surface area contributed by atoms with Gasteiger partial charge in [-0.25, -0.2) is 14.5 Å². The summed E-state index contributed by atoms with van der Waals surface area (Å²) < 4.78 is 2.59. The highest BCUT2D eigenvalue weighted by molar-refractivity contribution is 9.10. The van der Waals surface area contributed by atoms with Crippen molar-refractivity contribution in [2.75, 3.05) is 0 Å². The van der Waals surface area contributed by atoms with Crippen LogP contribution in [0.1, 0.15) is 0 Å². The highest BCUT2D eigenvalue weighted by atomic mass is 79.9. The summed E-state index contributed by atoms with van der Waals surface area (Å²) in [6, 6.07) is 7.54. The summed E-state index contributed by atoms with van der Waals surface area (Å²) in [5.74, 6) is 0. The summed E-state index contributed by atoms with van der Waals surface area (Å²) in [6.45, 7) is 0. The van der Waals surface area contributed by atoms with Crippen molar-refractivity contribution in [1.29, 1.82) is 0 Å². The quantitative estimate of drug-likeness (QED) is 0.676. The first-order chi connectivity index (χ1) is 8.66. The Morgan fingerprint density at radius 3 is 2.89 bits per heavy atom. The number of nitrogens with one attached hydrogen (secondary N) is 2. The number of halogens is 1. The molecule has 3 rings (SSSR count). The second kappa shape index (κ2) is 4.18. The van der Waals surface area contributed by atoms with Gasteiger partial charge in [-0.3, -0.25) is 10.1 Å². The van der Waals surface area contributed by atoms with E-state index in [1.165, 1.54) is 4.57 Å². The Hall–Kier alpha value is -1.73. The summed E-state index contributed by atoms with van der Waals surface area (Å²) >= 11 is 8.45. The maximum Gasteiger partial charge on any atom is 0.347 e. The zero-order valence-corrected chi connectivity index (χ0v) is 11.4. The van der Waals surface area contributed by atoms with Gasteiger partial charge in [-0.05, 0) is 40.3 Å². The predicted molar refractivity (Wildman–Crippen MR) is 74.6 cm³/mol. The molecule has 0 unspecified atom stereocenters. The van der Waals surface area contributed by atoms with Gasteiger partial charge in [-0.2, -0.15) is 0 Å². The molecule has 5 nitrogen and oxygen atoms in total. The van der Waals surface area contributed by atoms with E-state index in [1.54, 1.807) is 6.20 Å². The van der Waals surface area contributed by atoms with Crippen molar-refractivity contribution < 1.29 is 0 Å². The molecule has 0 aliphatic rings. The highest BCUT2D eigenvalue weighted by Crippen LogP contribution is 2.22. The first-order valence-electron chi connectivity index (χ1n) is 5.11. The van der Waals surface area contributed by atoms with E-state index in [0.29, 0.717) is 10.5 Å². The summed E-state index contributed by atoms with van der Waals surface area (Å²) in [6.07, 6.45) is 1.69. The molecule has 18 heavy (non-hydrogen) atoms. The van der Waals surface area contributed by atoms with Crippen molar-refractivity contribution in [1.82, 2.24) is 19.7 Å². The molecule has 0 bridgehead atoms. The molecule has 0 saturated carbocycles. The Balaban J connectivity index is 2.44. The minimum Gasteiger partial charge on any atom is -0.272 e. The van der Waals surface area contributed by atoms with Crippen LogP contribution in [0.2, 0.25) is 0 Å². The molecule has 3 aromatic rings. The maximum atomic E-state index is 11.7. The van der Waals surface area contributed by atoms with Crippen molar-refractivity contribution in [3.05, 3.63) is 50.2 Å². The summed E-state index contributed by atoms with van der Waals surface area (Å²) in [5.41, 5.74) is 1.08. The van der Waals surface area contributed by atoms with Gasteiger partial charge in [-0.15, -0.1) is 0 Å². The molecule has 0 fully saturated rings. The van der Waals surface area contributed by atoms with Crippen LogP contribution >= 0.6 is 28.1 Å². The van der Waals surface area contributed by atoms with Crippen LogP contribution in [-0.4, -0.2) is 19.7 Å². The van der Waals surface area contributed by atoms with Crippen molar-refractivity contribution in [2.24, 2.45) is 0 Å². The number of benzene rings is 1. The number of aromatic amines is 2. The third-order valence-corrected chi connectivity index (χ3v) is 3.30. The number of para-hydroxylation sites is 1. The Morgan fingerprint density at radius 1 is 1.33 bits per heavy atom. The predicted octanol–water partition coefficient (Wildman–Crippen LogP) is 2.53. The fourth-order valence-corrected chi connectivity index (χ4v) is 2.41. The van der Waals surface area contributed by atoms with Crippen LogP contribution in [0, 0.1) is 4.77 Å². The number of rotatable bonds is 1. The van der Waals surface area contributed by atoms with Crippen LogP contribution in [0.15, 0.2) is 39.7 Å². The van der Waals surface area contributed by atoms with Crippen LogP contribution < -0.4 is 5.69 Å². The van der Waals surface area contributed by atoms with E-state index in [4.69, 9.17) is 12.2 Å². The molecule has 0 aliphatic carbocycles. The van der Waals surface area contributed by atoms with Gasteiger partial charge < -0.3 is 0 Å². The van der Waals surface area contributed by atoms with Gasteiger partial charge in [0.1, 0.15) is 0 Å². The lowest BCUT2D eigenvalue weighted by Gasteiger charge is -2.05. The number of H-pyrrole nitrogens is 2. The number of pyridine rings is 1. The molecule has 0 amide bonds. The summed E-state index contributed by atoms with van der Waals surface area (Å²) in [4.78, 5) is 16.1. The minimum absolute atomic E-state index is 0.308. The van der Waals surface area contributed by atoms with Crippen molar-refractivity contribution in [3.8, 4) is 5.69 Å². The van der Waals surface area contributed by atoms with Crippen LogP contribution in [0.3, 0.4) is 0 Å². The van der Waals surface area contributed by atoms with Crippen LogP contribution in [0.5, 0.6) is 0 Å². The molecule has 0 aliphatic heterocycles. The van der Waals surface area contributed by atoms with E-state index in [1.807, 2.05) is 24.3 Å². The second-order valence-electron chi connectivity index (χ2n) is 3.70. The Bertz CT molecular complexity index is 820. The fourth-order valence-electron chi connectivity index (χ4n) is 1.83. The third kappa shape index (κ3) is 1.72. The average molecular weight is 323 g/mol. The lowest BCUT2D eigenvalue weighted by Crippen LogP contribution is -2.15. The number of hydrogen-bond acceptors (Lipinski definition) is 3. The number of aromatic nitrogens is 4. The van der Waals surface area contributed by atoms with Crippen molar-refractivity contribution in [2.45, 2.75) is 0 Å². The highest BCUT2D eigenvalue weighted by Gasteiger charge is 2.08. The van der Waals surface area contributed by atoms with Crippen molar-refractivity contribution >= 4 is 39.1 Å². The molecule has 1 aromatic carbocycles. The zero-order valence-electron chi connectivity index (χ0n) is 8.98. The van der Waals surface area contributed by atoms with Gasteiger partial charge in [0.15, 0.2) is 0 Å². The lowest BCUT2D eigenvalue weighted by atomic mass is 10.2. The third-order valence-electron chi connectivity index (χ3n) is 2.58. The number of hydrogen-bond donors (Lipinski definition) is 2. The van der Waals surface area contributed by atoms with Gasteiger partial charge in [0, 0.05) is 16.1 Å². The van der Waals surface area contributed by atoms with E-state index in [2.05, 4.69) is 31.1 Å². The SMILES string of the molecule is O=c1[nH][nH]c(=S)n1-c1cccc2cc(Br)cnc12. The smallest absolute Gasteiger partial charge is 0.272 e. The second-order valence-corrected chi connectivity index (χ2v) is 5.00. The van der Waals surface area contributed by atoms with Gasteiger partial charge in [-0.1, -0.05) is 12.1 Å². The molecule has 2 N–H and O–H groups in total.